The van der Waals surface area contributed by atoms with Gasteiger partial charge in [-0.2, -0.15) is 0 Å². The fraction of sp³-hybridized carbons (Fsp3) is 0.286. The molecule has 0 saturated heterocycles. The molecule has 0 unspecified atom stereocenters. The molecule has 0 spiro atoms. The molecule has 0 rings (SSSR count). The molecule has 0 saturated carbocycles. The lowest BCUT2D eigenvalue weighted by Crippen LogP contribution is -2.32. The van der Waals surface area contributed by atoms with E-state index in [2.05, 4.69) is 5.32 Å². The van der Waals surface area contributed by atoms with E-state index in [1.807, 2.05) is 0 Å². The third-order valence-corrected chi connectivity index (χ3v) is 1.41. The highest BCUT2D eigenvalue weighted by molar-refractivity contribution is 6.19. The van der Waals surface area contributed by atoms with Gasteiger partial charge in [0, 0.05) is 12.7 Å². The van der Waals surface area contributed by atoms with E-state index in [0.717, 1.165) is 0 Å². The molecule has 0 aromatic rings. The van der Waals surface area contributed by atoms with E-state index in [1.165, 1.54) is 7.05 Å². The maximum Gasteiger partial charge on any atom is 0.256 e. The average Bonchev–Trinajstić information content (AvgIpc) is 2.01. The van der Waals surface area contributed by atoms with Gasteiger partial charge in [0.25, 0.3) is 5.91 Å². The standard InChI is InChI=1S/C7H13N5O2/c1-12-7(14)5(6(10)11)3(8)2-4(9)13/h2,8H2,1H3,(H2,9,13)(H3,10,11)(H,12,14)/b5-3+. The van der Waals surface area contributed by atoms with Crippen molar-refractivity contribution in [2.24, 2.45) is 17.2 Å². The van der Waals surface area contributed by atoms with E-state index in [9.17, 15) is 9.59 Å². The minimum atomic E-state index is -0.690. The molecule has 0 aromatic heterocycles. The van der Waals surface area contributed by atoms with E-state index in [4.69, 9.17) is 22.6 Å². The molecule has 0 bridgehead atoms. The number of carbonyl (C=O) groups is 2. The van der Waals surface area contributed by atoms with E-state index < -0.39 is 17.6 Å². The van der Waals surface area contributed by atoms with Gasteiger partial charge in [0.15, 0.2) is 0 Å². The lowest BCUT2D eigenvalue weighted by molar-refractivity contribution is -0.117. The Bertz CT molecular complexity index is 307. The number of hydrogen-bond donors (Lipinski definition) is 5. The molecule has 0 heterocycles. The SMILES string of the molecule is CNC(=O)/C(C(=N)N)=C(/N)CC(N)=O. The maximum absolute atomic E-state index is 11.2. The fourth-order valence-corrected chi connectivity index (χ4v) is 0.842. The van der Waals surface area contributed by atoms with Crippen LogP contribution in [-0.4, -0.2) is 24.7 Å². The number of primary amides is 1. The zero-order valence-corrected chi connectivity index (χ0v) is 7.76. The lowest BCUT2D eigenvalue weighted by atomic mass is 10.1. The molecule has 14 heavy (non-hydrogen) atoms. The summed E-state index contributed by atoms with van der Waals surface area (Å²) in [6.07, 6.45) is -0.303. The number of carbonyl (C=O) groups excluding carboxylic acids is 2. The van der Waals surface area contributed by atoms with Crippen LogP contribution in [0.1, 0.15) is 6.42 Å². The number of hydrogen-bond acceptors (Lipinski definition) is 4. The molecule has 2 amide bonds. The summed E-state index contributed by atoms with van der Waals surface area (Å²) in [4.78, 5) is 21.7. The van der Waals surface area contributed by atoms with Crippen molar-refractivity contribution in [1.29, 1.82) is 5.41 Å². The first kappa shape index (κ1) is 11.9. The van der Waals surface area contributed by atoms with Gasteiger partial charge in [-0.15, -0.1) is 0 Å². The van der Waals surface area contributed by atoms with Gasteiger partial charge in [-0.05, 0) is 0 Å². The molecule has 0 aliphatic rings. The van der Waals surface area contributed by atoms with Gasteiger partial charge >= 0.3 is 0 Å². The molecule has 0 aromatic carbocycles. The molecular weight excluding hydrogens is 186 g/mol. The maximum atomic E-state index is 11.2. The second-order valence-corrected chi connectivity index (χ2v) is 2.54. The van der Waals surface area contributed by atoms with Gasteiger partial charge in [0.2, 0.25) is 5.91 Å². The average molecular weight is 199 g/mol. The Kier molecular flexibility index (Phi) is 4.14. The number of nitrogens with two attached hydrogens (primary N) is 3. The first-order valence-corrected chi connectivity index (χ1v) is 3.73. The van der Waals surface area contributed by atoms with Crippen LogP contribution >= 0.6 is 0 Å². The van der Waals surface area contributed by atoms with Crippen molar-refractivity contribution in [3.63, 3.8) is 0 Å². The highest BCUT2D eigenvalue weighted by atomic mass is 16.2. The molecule has 0 atom stereocenters. The van der Waals surface area contributed by atoms with Crippen LogP contribution in [-0.2, 0) is 9.59 Å². The van der Waals surface area contributed by atoms with Crippen LogP contribution < -0.4 is 22.5 Å². The van der Waals surface area contributed by atoms with Crippen LogP contribution in [0, 0.1) is 5.41 Å². The van der Waals surface area contributed by atoms with Crippen LogP contribution in [0.4, 0.5) is 0 Å². The summed E-state index contributed by atoms with van der Waals surface area (Å²) in [7, 11) is 1.36. The Labute approximate surface area is 80.8 Å². The Morgan fingerprint density at radius 3 is 2.07 bits per heavy atom. The number of rotatable bonds is 4. The third-order valence-electron chi connectivity index (χ3n) is 1.41. The van der Waals surface area contributed by atoms with Crippen LogP contribution in [0.25, 0.3) is 0 Å². The number of amides is 2. The minimum absolute atomic E-state index is 0.107. The number of likely N-dealkylation sites (N-methyl/N-ethyl adjacent to an activating group) is 1. The van der Waals surface area contributed by atoms with E-state index in [0.29, 0.717) is 0 Å². The van der Waals surface area contributed by atoms with E-state index in [-0.39, 0.29) is 17.7 Å². The first-order valence-electron chi connectivity index (χ1n) is 3.73. The Morgan fingerprint density at radius 1 is 1.29 bits per heavy atom. The summed E-state index contributed by atoms with van der Waals surface area (Å²) < 4.78 is 0. The summed E-state index contributed by atoms with van der Waals surface area (Å²) in [5.41, 5.74) is 15.1. The summed E-state index contributed by atoms with van der Waals surface area (Å²) >= 11 is 0. The third kappa shape index (κ3) is 3.13. The van der Waals surface area contributed by atoms with Crippen molar-refractivity contribution < 1.29 is 9.59 Å². The summed E-state index contributed by atoms with van der Waals surface area (Å²) in [5, 5.41) is 9.34. The summed E-state index contributed by atoms with van der Waals surface area (Å²) in [5.74, 6) is -1.80. The number of amidine groups is 1. The highest BCUT2D eigenvalue weighted by Crippen LogP contribution is 2.02. The molecule has 0 radical (unpaired) electrons. The summed E-state index contributed by atoms with van der Waals surface area (Å²) in [6, 6.07) is 0. The van der Waals surface area contributed by atoms with Crippen molar-refractivity contribution in [3.8, 4) is 0 Å². The second-order valence-electron chi connectivity index (χ2n) is 2.54. The Balaban J connectivity index is 5.05. The predicted molar refractivity (Wildman–Crippen MR) is 51.0 cm³/mol. The van der Waals surface area contributed by atoms with Crippen molar-refractivity contribution >= 4 is 17.6 Å². The minimum Gasteiger partial charge on any atom is -0.401 e. The van der Waals surface area contributed by atoms with Crippen molar-refractivity contribution in [2.75, 3.05) is 7.05 Å². The Hall–Kier alpha value is -2.05. The van der Waals surface area contributed by atoms with Gasteiger partial charge in [-0.3, -0.25) is 15.0 Å². The predicted octanol–water partition coefficient (Wildman–Crippen LogP) is -2.24. The van der Waals surface area contributed by atoms with Gasteiger partial charge in [-0.25, -0.2) is 0 Å². The molecule has 0 aliphatic heterocycles. The largest absolute Gasteiger partial charge is 0.401 e. The molecule has 7 heteroatoms. The molecule has 7 nitrogen and oxygen atoms in total. The molecule has 0 fully saturated rings. The monoisotopic (exact) mass is 199 g/mol. The second kappa shape index (κ2) is 4.85. The Morgan fingerprint density at radius 2 is 1.79 bits per heavy atom. The van der Waals surface area contributed by atoms with Gasteiger partial charge in [-0.1, -0.05) is 0 Å². The molecule has 78 valence electrons. The van der Waals surface area contributed by atoms with Crippen molar-refractivity contribution in [3.05, 3.63) is 11.3 Å². The zero-order chi connectivity index (χ0) is 11.3. The van der Waals surface area contributed by atoms with Crippen molar-refractivity contribution in [1.82, 2.24) is 5.32 Å². The van der Waals surface area contributed by atoms with Crippen LogP contribution in [0.3, 0.4) is 0 Å². The van der Waals surface area contributed by atoms with E-state index in [1.54, 1.807) is 0 Å². The molecular formula is C7H13N5O2. The fourth-order valence-electron chi connectivity index (χ4n) is 0.842. The smallest absolute Gasteiger partial charge is 0.256 e. The number of nitrogens with one attached hydrogen (secondary N) is 2. The van der Waals surface area contributed by atoms with Crippen LogP contribution in [0.2, 0.25) is 0 Å². The summed E-state index contributed by atoms with van der Waals surface area (Å²) in [6.45, 7) is 0. The quantitative estimate of drug-likeness (QED) is 0.197. The van der Waals surface area contributed by atoms with Gasteiger partial charge < -0.3 is 22.5 Å². The topological polar surface area (TPSA) is 148 Å². The van der Waals surface area contributed by atoms with Gasteiger partial charge in [0.1, 0.15) is 5.84 Å². The lowest BCUT2D eigenvalue weighted by Gasteiger charge is -2.07. The van der Waals surface area contributed by atoms with Crippen LogP contribution in [0.15, 0.2) is 11.3 Å². The van der Waals surface area contributed by atoms with Crippen LogP contribution in [0.5, 0.6) is 0 Å². The zero-order valence-electron chi connectivity index (χ0n) is 7.76. The van der Waals surface area contributed by atoms with Gasteiger partial charge in [0.05, 0.1) is 12.0 Å². The molecule has 0 aliphatic carbocycles. The highest BCUT2D eigenvalue weighted by Gasteiger charge is 2.16. The first-order chi connectivity index (χ1) is 6.40. The van der Waals surface area contributed by atoms with E-state index >= 15 is 0 Å². The normalized spacial score (nSPS) is 11.5. The van der Waals surface area contributed by atoms with Crippen molar-refractivity contribution in [2.45, 2.75) is 6.42 Å². The molecule has 8 N–H and O–H groups in total.